The zero-order valence-corrected chi connectivity index (χ0v) is 17.1. The van der Waals surface area contributed by atoms with Crippen molar-refractivity contribution in [3.8, 4) is 0 Å². The van der Waals surface area contributed by atoms with Gasteiger partial charge < -0.3 is 15.4 Å². The lowest BCUT2D eigenvalue weighted by atomic mass is 10.00. The largest absolute Gasteiger partial charge is 0.445 e. The number of ketones is 1. The van der Waals surface area contributed by atoms with Gasteiger partial charge in [0.1, 0.15) is 19.3 Å². The van der Waals surface area contributed by atoms with Gasteiger partial charge in [-0.1, -0.05) is 74.5 Å². The van der Waals surface area contributed by atoms with Gasteiger partial charge in [0.15, 0.2) is 5.78 Å². The Morgan fingerprint density at radius 3 is 2.00 bits per heavy atom. The number of carbonyl (C=O) groups is 3. The first-order chi connectivity index (χ1) is 14.4. The molecule has 2 rings (SSSR count). The number of hydrogen-bond donors (Lipinski definition) is 2. The van der Waals surface area contributed by atoms with E-state index >= 15 is 0 Å². The molecule has 1 unspecified atom stereocenters. The maximum Gasteiger partial charge on any atom is 0.408 e. The van der Waals surface area contributed by atoms with Gasteiger partial charge in [-0.15, -0.1) is 0 Å². The highest BCUT2D eigenvalue weighted by Gasteiger charge is 2.29. The van der Waals surface area contributed by atoms with Crippen LogP contribution in [0.4, 0.5) is 9.18 Å². The monoisotopic (exact) mass is 414 g/mol. The highest BCUT2D eigenvalue weighted by molar-refractivity contribution is 5.92. The molecule has 0 heterocycles. The van der Waals surface area contributed by atoms with Crippen molar-refractivity contribution in [2.45, 2.75) is 39.0 Å². The summed E-state index contributed by atoms with van der Waals surface area (Å²) >= 11 is 0. The average molecular weight is 414 g/mol. The first-order valence-electron chi connectivity index (χ1n) is 9.81. The quantitative estimate of drug-likeness (QED) is 0.625. The summed E-state index contributed by atoms with van der Waals surface area (Å²) in [7, 11) is 0. The fraction of sp³-hybridized carbons (Fsp3) is 0.348. The molecular formula is C23H27FN2O4. The third kappa shape index (κ3) is 7.31. The van der Waals surface area contributed by atoms with Crippen molar-refractivity contribution in [3.63, 3.8) is 0 Å². The van der Waals surface area contributed by atoms with Gasteiger partial charge in [-0.05, 0) is 23.5 Å². The zero-order valence-electron chi connectivity index (χ0n) is 17.1. The third-order valence-electron chi connectivity index (χ3n) is 4.55. The molecule has 160 valence electrons. The van der Waals surface area contributed by atoms with Crippen molar-refractivity contribution < 1.29 is 23.5 Å². The second-order valence-corrected chi connectivity index (χ2v) is 7.28. The number of alkyl halides is 1. The van der Waals surface area contributed by atoms with Crippen LogP contribution in [0.3, 0.4) is 0 Å². The van der Waals surface area contributed by atoms with Gasteiger partial charge in [-0.2, -0.15) is 0 Å². The second kappa shape index (κ2) is 11.7. The molecule has 0 saturated heterocycles. The van der Waals surface area contributed by atoms with Gasteiger partial charge in [-0.25, -0.2) is 9.18 Å². The molecule has 7 heteroatoms. The van der Waals surface area contributed by atoms with Gasteiger partial charge in [0.25, 0.3) is 0 Å². The number of amides is 2. The third-order valence-corrected chi connectivity index (χ3v) is 4.55. The highest BCUT2D eigenvalue weighted by Crippen LogP contribution is 2.08. The SMILES string of the molecule is CC(C)C(NC(=O)OCc1ccccc1)C(=O)N[C@@H](Cc1ccccc1)C(=O)CF. The van der Waals surface area contributed by atoms with Crippen LogP contribution in [0.5, 0.6) is 0 Å². The van der Waals surface area contributed by atoms with Crippen LogP contribution in [0.2, 0.25) is 0 Å². The molecule has 30 heavy (non-hydrogen) atoms. The molecule has 0 aliphatic carbocycles. The van der Waals surface area contributed by atoms with E-state index in [2.05, 4.69) is 10.6 Å². The van der Waals surface area contributed by atoms with Gasteiger partial charge in [0.2, 0.25) is 5.91 Å². The fourth-order valence-corrected chi connectivity index (χ4v) is 2.88. The van der Waals surface area contributed by atoms with Crippen LogP contribution in [0, 0.1) is 5.92 Å². The fourth-order valence-electron chi connectivity index (χ4n) is 2.88. The molecule has 0 saturated carbocycles. The predicted molar refractivity (Wildman–Crippen MR) is 111 cm³/mol. The van der Waals surface area contributed by atoms with E-state index in [1.54, 1.807) is 38.1 Å². The molecule has 0 radical (unpaired) electrons. The van der Waals surface area contributed by atoms with Crippen molar-refractivity contribution in [3.05, 3.63) is 71.8 Å². The Morgan fingerprint density at radius 1 is 0.900 bits per heavy atom. The summed E-state index contributed by atoms with van der Waals surface area (Å²) in [6.07, 6.45) is -0.581. The molecule has 0 spiro atoms. The Kier molecular flexibility index (Phi) is 9.00. The van der Waals surface area contributed by atoms with Crippen LogP contribution in [0.25, 0.3) is 0 Å². The van der Waals surface area contributed by atoms with Crippen LogP contribution in [-0.2, 0) is 27.4 Å². The lowest BCUT2D eigenvalue weighted by Crippen LogP contribution is -2.54. The van der Waals surface area contributed by atoms with Crippen molar-refractivity contribution in [2.75, 3.05) is 6.67 Å². The summed E-state index contributed by atoms with van der Waals surface area (Å²) in [6, 6.07) is 16.2. The maximum atomic E-state index is 13.0. The van der Waals surface area contributed by atoms with Crippen molar-refractivity contribution in [1.29, 1.82) is 0 Å². The van der Waals surface area contributed by atoms with Crippen LogP contribution >= 0.6 is 0 Å². The van der Waals surface area contributed by atoms with Crippen molar-refractivity contribution in [2.24, 2.45) is 5.92 Å². The topological polar surface area (TPSA) is 84.5 Å². The summed E-state index contributed by atoms with van der Waals surface area (Å²) in [5.74, 6) is -1.56. The lowest BCUT2D eigenvalue weighted by Gasteiger charge is -2.24. The van der Waals surface area contributed by atoms with E-state index in [1.165, 1.54) is 0 Å². The van der Waals surface area contributed by atoms with E-state index in [1.807, 2.05) is 36.4 Å². The van der Waals surface area contributed by atoms with Crippen LogP contribution in [0.1, 0.15) is 25.0 Å². The van der Waals surface area contributed by atoms with Crippen molar-refractivity contribution in [1.82, 2.24) is 10.6 Å². The standard InChI is InChI=1S/C23H27FN2O4/c1-16(2)21(26-23(29)30-15-18-11-7-4-8-12-18)22(28)25-19(20(27)14-24)13-17-9-5-3-6-10-17/h3-12,16,19,21H,13-15H2,1-2H3,(H,25,28)(H,26,29)/t19-,21?/m0/s1. The first-order valence-corrected chi connectivity index (χ1v) is 9.81. The molecule has 6 nitrogen and oxygen atoms in total. The molecule has 2 aromatic rings. The number of rotatable bonds is 10. The van der Waals surface area contributed by atoms with Crippen molar-refractivity contribution >= 4 is 17.8 Å². The number of hydrogen-bond acceptors (Lipinski definition) is 4. The summed E-state index contributed by atoms with van der Waals surface area (Å²) in [6.45, 7) is 2.39. The molecule has 0 aliphatic rings. The molecule has 0 aliphatic heterocycles. The number of carbonyl (C=O) groups excluding carboxylic acids is 3. The Balaban J connectivity index is 1.99. The van der Waals surface area contributed by atoms with Gasteiger partial charge >= 0.3 is 6.09 Å². The molecule has 2 amide bonds. The maximum absolute atomic E-state index is 13.0. The minimum absolute atomic E-state index is 0.0656. The summed E-state index contributed by atoms with van der Waals surface area (Å²) in [5.41, 5.74) is 1.61. The summed E-state index contributed by atoms with van der Waals surface area (Å²) in [5, 5.41) is 5.11. The lowest BCUT2D eigenvalue weighted by molar-refractivity contribution is -0.129. The number of nitrogens with one attached hydrogen (secondary N) is 2. The average Bonchev–Trinajstić information content (AvgIpc) is 2.76. The number of benzene rings is 2. The van der Waals surface area contributed by atoms with E-state index in [4.69, 9.17) is 4.74 Å². The van der Waals surface area contributed by atoms with E-state index in [-0.39, 0.29) is 18.9 Å². The van der Waals surface area contributed by atoms with E-state index < -0.39 is 36.5 Å². The van der Waals surface area contributed by atoms with E-state index in [0.717, 1.165) is 11.1 Å². The zero-order chi connectivity index (χ0) is 21.9. The molecule has 2 N–H and O–H groups in total. The van der Waals surface area contributed by atoms with E-state index in [9.17, 15) is 18.8 Å². The normalized spacial score (nSPS) is 12.7. The number of ether oxygens (including phenoxy) is 1. The molecular weight excluding hydrogens is 387 g/mol. The minimum atomic E-state index is -1.18. The second-order valence-electron chi connectivity index (χ2n) is 7.28. The summed E-state index contributed by atoms with van der Waals surface area (Å²) in [4.78, 5) is 36.9. The predicted octanol–water partition coefficient (Wildman–Crippen LogP) is 3.20. The molecule has 0 bridgehead atoms. The Labute approximate surface area is 175 Å². The molecule has 0 aromatic heterocycles. The Bertz CT molecular complexity index is 828. The first kappa shape index (κ1) is 23.1. The Hall–Kier alpha value is -3.22. The van der Waals surface area contributed by atoms with Crippen LogP contribution in [-0.4, -0.2) is 36.5 Å². The Morgan fingerprint density at radius 2 is 1.47 bits per heavy atom. The van der Waals surface area contributed by atoms with E-state index in [0.29, 0.717) is 0 Å². The smallest absolute Gasteiger partial charge is 0.408 e. The highest BCUT2D eigenvalue weighted by atomic mass is 19.1. The number of halogens is 1. The van der Waals surface area contributed by atoms with Gasteiger partial charge in [-0.3, -0.25) is 9.59 Å². The molecule has 2 atom stereocenters. The number of alkyl carbamates (subject to hydrolysis) is 1. The van der Waals surface area contributed by atoms with Crippen LogP contribution in [0.15, 0.2) is 60.7 Å². The minimum Gasteiger partial charge on any atom is -0.445 e. The number of Topliss-reactive ketones (excluding diaryl/α,β-unsaturated/α-hetero) is 1. The molecule has 2 aromatic carbocycles. The van der Waals surface area contributed by atoms with Gasteiger partial charge in [0, 0.05) is 0 Å². The summed E-state index contributed by atoms with van der Waals surface area (Å²) < 4.78 is 18.2. The molecule has 0 fully saturated rings. The van der Waals surface area contributed by atoms with Crippen LogP contribution < -0.4 is 10.6 Å². The van der Waals surface area contributed by atoms with Gasteiger partial charge in [0.05, 0.1) is 6.04 Å².